The molecule has 144 valence electrons. The number of nitrogens with zero attached hydrogens (tertiary/aromatic N) is 4. The molecule has 0 aliphatic rings. The van der Waals surface area contributed by atoms with Crippen LogP contribution in [0, 0.1) is 17.1 Å². The van der Waals surface area contributed by atoms with Crippen molar-refractivity contribution in [1.82, 2.24) is 14.5 Å². The minimum absolute atomic E-state index is 0.0147. The number of halogens is 3. The molecule has 2 aromatic rings. The van der Waals surface area contributed by atoms with Gasteiger partial charge in [-0.2, -0.15) is 5.26 Å². The van der Waals surface area contributed by atoms with E-state index >= 15 is 0 Å². The Morgan fingerprint density at radius 1 is 1.44 bits per heavy atom. The largest absolute Gasteiger partial charge is 0.465 e. The highest BCUT2D eigenvalue weighted by atomic mass is 79.9. The molecular weight excluding hydrogens is 439 g/mol. The highest BCUT2D eigenvalue weighted by Crippen LogP contribution is 2.38. The average molecular weight is 458 g/mol. The lowest BCUT2D eigenvalue weighted by atomic mass is 9.85. The summed E-state index contributed by atoms with van der Waals surface area (Å²) < 4.78 is 16.9. The molecule has 1 aromatic carbocycles. The van der Waals surface area contributed by atoms with Gasteiger partial charge in [-0.1, -0.05) is 27.5 Å². The summed E-state index contributed by atoms with van der Waals surface area (Å²) in [6.07, 6.45) is 0.214. The van der Waals surface area contributed by atoms with Gasteiger partial charge >= 0.3 is 6.09 Å². The maximum atomic E-state index is 14.8. The minimum Gasteiger partial charge on any atom is -0.465 e. The Hall–Kier alpha value is -2.11. The zero-order valence-corrected chi connectivity index (χ0v) is 17.6. The van der Waals surface area contributed by atoms with Gasteiger partial charge in [-0.3, -0.25) is 4.90 Å². The third-order valence-electron chi connectivity index (χ3n) is 4.19. The van der Waals surface area contributed by atoms with Gasteiger partial charge in [0.15, 0.2) is 0 Å². The lowest BCUT2D eigenvalue weighted by molar-refractivity contribution is 0.0108. The van der Waals surface area contributed by atoms with Gasteiger partial charge in [0.05, 0.1) is 12.1 Å². The van der Waals surface area contributed by atoms with Gasteiger partial charge in [0.2, 0.25) is 5.82 Å². The Balaban J connectivity index is 2.76. The van der Waals surface area contributed by atoms with Crippen LogP contribution in [0.15, 0.2) is 28.9 Å². The molecule has 0 saturated heterocycles. The standard InChI is InChI=1S/C18H19BrClFN4O2/c1-17(2,3)25(16(26)27)18(4,12-7-11(19)5-6-13(12)21)10-24-9-14(20)23-15(24)8-22/h5-7,9H,10H2,1-4H3,(H,26,27)/t18-/m0/s1. The van der Waals surface area contributed by atoms with E-state index in [2.05, 4.69) is 20.9 Å². The third-order valence-corrected chi connectivity index (χ3v) is 4.86. The second kappa shape index (κ2) is 7.49. The van der Waals surface area contributed by atoms with E-state index in [1.807, 2.05) is 6.07 Å². The Morgan fingerprint density at radius 3 is 2.59 bits per heavy atom. The molecule has 1 heterocycles. The predicted molar refractivity (Wildman–Crippen MR) is 103 cm³/mol. The van der Waals surface area contributed by atoms with Crippen LogP contribution < -0.4 is 0 Å². The van der Waals surface area contributed by atoms with E-state index < -0.39 is 23.0 Å². The average Bonchev–Trinajstić information content (AvgIpc) is 2.87. The molecule has 1 atom stereocenters. The topological polar surface area (TPSA) is 82.2 Å². The summed E-state index contributed by atoms with van der Waals surface area (Å²) in [4.78, 5) is 17.3. The molecule has 0 radical (unpaired) electrons. The lowest BCUT2D eigenvalue weighted by Gasteiger charge is -2.47. The monoisotopic (exact) mass is 456 g/mol. The van der Waals surface area contributed by atoms with E-state index in [9.17, 15) is 19.6 Å². The first-order chi connectivity index (χ1) is 12.4. The summed E-state index contributed by atoms with van der Waals surface area (Å²) in [5, 5.41) is 19.4. The molecule has 1 amide bonds. The van der Waals surface area contributed by atoms with Crippen LogP contribution in [0.1, 0.15) is 39.1 Å². The maximum Gasteiger partial charge on any atom is 0.408 e. The van der Waals surface area contributed by atoms with Crippen molar-refractivity contribution in [3.8, 4) is 6.07 Å². The number of hydrogen-bond donors (Lipinski definition) is 1. The van der Waals surface area contributed by atoms with Crippen molar-refractivity contribution in [2.45, 2.75) is 45.3 Å². The quantitative estimate of drug-likeness (QED) is 0.700. The molecule has 0 aliphatic carbocycles. The van der Waals surface area contributed by atoms with Gasteiger partial charge in [0.1, 0.15) is 17.0 Å². The molecule has 0 aliphatic heterocycles. The van der Waals surface area contributed by atoms with Gasteiger partial charge in [-0.15, -0.1) is 0 Å². The molecule has 0 saturated carbocycles. The van der Waals surface area contributed by atoms with Crippen LogP contribution in [0.4, 0.5) is 9.18 Å². The molecule has 0 fully saturated rings. The van der Waals surface area contributed by atoms with Gasteiger partial charge < -0.3 is 9.67 Å². The second-order valence-corrected chi connectivity index (χ2v) is 8.62. The maximum absolute atomic E-state index is 14.8. The number of imidazole rings is 1. The molecule has 0 unspecified atom stereocenters. The van der Waals surface area contributed by atoms with Crippen LogP contribution in [-0.4, -0.2) is 31.2 Å². The van der Waals surface area contributed by atoms with Gasteiger partial charge in [-0.25, -0.2) is 14.2 Å². The van der Waals surface area contributed by atoms with E-state index in [0.29, 0.717) is 4.47 Å². The van der Waals surface area contributed by atoms with Crippen LogP contribution in [0.5, 0.6) is 0 Å². The number of nitriles is 1. The molecule has 1 N–H and O–H groups in total. The number of carboxylic acid groups (broad SMARTS) is 1. The minimum atomic E-state index is -1.35. The smallest absolute Gasteiger partial charge is 0.408 e. The zero-order chi connectivity index (χ0) is 20.6. The zero-order valence-electron chi connectivity index (χ0n) is 15.3. The first-order valence-corrected chi connectivity index (χ1v) is 9.19. The van der Waals surface area contributed by atoms with Crippen molar-refractivity contribution < 1.29 is 14.3 Å². The molecule has 0 bridgehead atoms. The molecule has 1 aromatic heterocycles. The lowest BCUT2D eigenvalue weighted by Crippen LogP contribution is -2.58. The van der Waals surface area contributed by atoms with Crippen molar-refractivity contribution in [3.05, 3.63) is 51.2 Å². The Morgan fingerprint density at radius 2 is 2.07 bits per heavy atom. The Bertz CT molecular complexity index is 919. The van der Waals surface area contributed by atoms with Crippen LogP contribution >= 0.6 is 27.5 Å². The van der Waals surface area contributed by atoms with Gasteiger partial charge in [0.25, 0.3) is 0 Å². The number of benzene rings is 1. The van der Waals surface area contributed by atoms with E-state index in [0.717, 1.165) is 0 Å². The molecule has 2 rings (SSSR count). The number of hydrogen-bond acceptors (Lipinski definition) is 3. The fraction of sp³-hybridized carbons (Fsp3) is 0.389. The third kappa shape index (κ3) is 4.25. The molecular formula is C18H19BrClFN4O2. The SMILES string of the molecule is CC(C)(C)N(C(=O)O)[C@@](C)(Cn1cc(Cl)nc1C#N)c1cc(Br)ccc1F. The summed E-state index contributed by atoms with van der Waals surface area (Å²) in [7, 11) is 0. The summed E-state index contributed by atoms with van der Waals surface area (Å²) in [6, 6.07) is 6.27. The van der Waals surface area contributed by atoms with E-state index in [-0.39, 0.29) is 23.1 Å². The second-order valence-electron chi connectivity index (χ2n) is 7.31. The summed E-state index contributed by atoms with van der Waals surface area (Å²) in [5.74, 6) is -0.540. The predicted octanol–water partition coefficient (Wildman–Crippen LogP) is 5.00. The molecule has 0 spiro atoms. The van der Waals surface area contributed by atoms with Crippen LogP contribution in [-0.2, 0) is 12.1 Å². The highest BCUT2D eigenvalue weighted by molar-refractivity contribution is 9.10. The van der Waals surface area contributed by atoms with Crippen LogP contribution in [0.2, 0.25) is 5.15 Å². The Kier molecular flexibility index (Phi) is 5.88. The number of amides is 1. The van der Waals surface area contributed by atoms with Crippen molar-refractivity contribution >= 4 is 33.6 Å². The summed E-state index contributed by atoms with van der Waals surface area (Å²) in [6.45, 7) is 6.74. The molecule has 6 nitrogen and oxygen atoms in total. The normalized spacial score (nSPS) is 13.7. The molecule has 9 heteroatoms. The van der Waals surface area contributed by atoms with E-state index in [4.69, 9.17) is 11.6 Å². The van der Waals surface area contributed by atoms with E-state index in [1.165, 1.54) is 27.8 Å². The van der Waals surface area contributed by atoms with Crippen molar-refractivity contribution in [2.24, 2.45) is 0 Å². The number of rotatable bonds is 4. The number of aromatic nitrogens is 2. The summed E-state index contributed by atoms with van der Waals surface area (Å²) >= 11 is 9.23. The summed E-state index contributed by atoms with van der Waals surface area (Å²) in [5.41, 5.74) is -2.04. The fourth-order valence-electron chi connectivity index (χ4n) is 3.35. The van der Waals surface area contributed by atoms with Gasteiger partial charge in [-0.05, 0) is 45.9 Å². The fourth-order valence-corrected chi connectivity index (χ4v) is 3.91. The van der Waals surface area contributed by atoms with Crippen molar-refractivity contribution in [1.29, 1.82) is 5.26 Å². The van der Waals surface area contributed by atoms with Gasteiger partial charge in [0, 0.05) is 21.8 Å². The first kappa shape index (κ1) is 21.2. The van der Waals surface area contributed by atoms with Crippen molar-refractivity contribution in [3.63, 3.8) is 0 Å². The van der Waals surface area contributed by atoms with Crippen LogP contribution in [0.3, 0.4) is 0 Å². The highest BCUT2D eigenvalue weighted by Gasteiger charge is 2.45. The van der Waals surface area contributed by atoms with Crippen molar-refractivity contribution in [2.75, 3.05) is 0 Å². The number of carbonyl (C=O) groups is 1. The Labute approximate surface area is 170 Å². The van der Waals surface area contributed by atoms with E-state index in [1.54, 1.807) is 33.8 Å². The van der Waals surface area contributed by atoms with Crippen LogP contribution in [0.25, 0.3) is 0 Å². The first-order valence-electron chi connectivity index (χ1n) is 8.01. The molecule has 27 heavy (non-hydrogen) atoms.